The highest BCUT2D eigenvalue weighted by molar-refractivity contribution is 9.10. The molecule has 5 nitrogen and oxygen atoms in total. The number of carboxylic acids is 1. The van der Waals surface area contributed by atoms with E-state index in [1.807, 2.05) is 24.3 Å². The smallest absolute Gasteiger partial charge is 0.335 e. The molecule has 2 aromatic carbocycles. The van der Waals surface area contributed by atoms with Crippen LogP contribution >= 0.6 is 27.7 Å². The van der Waals surface area contributed by atoms with E-state index in [0.717, 1.165) is 21.8 Å². The molecule has 1 saturated heterocycles. The third-order valence-electron chi connectivity index (χ3n) is 3.62. The van der Waals surface area contributed by atoms with Crippen molar-refractivity contribution in [2.24, 2.45) is 0 Å². The molecule has 7 heteroatoms. The Morgan fingerprint density at radius 1 is 1.12 bits per heavy atom. The van der Waals surface area contributed by atoms with Gasteiger partial charge < -0.3 is 5.11 Å². The van der Waals surface area contributed by atoms with Crippen molar-refractivity contribution in [3.63, 3.8) is 0 Å². The van der Waals surface area contributed by atoms with E-state index in [-0.39, 0.29) is 23.3 Å². The number of imide groups is 1. The van der Waals surface area contributed by atoms with Gasteiger partial charge in [0.15, 0.2) is 0 Å². The van der Waals surface area contributed by atoms with Crippen molar-refractivity contribution in [2.75, 3.05) is 0 Å². The van der Waals surface area contributed by atoms with Gasteiger partial charge in [-0.25, -0.2) is 4.79 Å². The number of benzene rings is 2. The van der Waals surface area contributed by atoms with Crippen molar-refractivity contribution in [3.8, 4) is 0 Å². The summed E-state index contributed by atoms with van der Waals surface area (Å²) in [5.74, 6) is -1.37. The van der Waals surface area contributed by atoms with E-state index >= 15 is 0 Å². The largest absolute Gasteiger partial charge is 0.478 e. The molecule has 3 rings (SSSR count). The molecule has 0 radical (unpaired) electrons. The molecule has 0 aliphatic carbocycles. The van der Waals surface area contributed by atoms with Gasteiger partial charge in [0, 0.05) is 4.47 Å². The minimum Gasteiger partial charge on any atom is -0.478 e. The zero-order chi connectivity index (χ0) is 18.0. The first-order chi connectivity index (χ1) is 12.0. The standard InChI is InChI=1S/C18H12BrNO4S/c19-14-4-2-1-3-13(14)10-20-16(21)15(25-18(20)24)9-11-5-7-12(8-6-11)17(22)23/h1-9H,10H2,(H,22,23). The van der Waals surface area contributed by atoms with E-state index in [4.69, 9.17) is 5.11 Å². The quantitative estimate of drug-likeness (QED) is 0.746. The summed E-state index contributed by atoms with van der Waals surface area (Å²) < 4.78 is 0.835. The van der Waals surface area contributed by atoms with Crippen LogP contribution in [0.25, 0.3) is 6.08 Å². The number of amides is 2. The van der Waals surface area contributed by atoms with Crippen molar-refractivity contribution >= 4 is 50.9 Å². The summed E-state index contributed by atoms with van der Waals surface area (Å²) in [4.78, 5) is 37.1. The molecule has 1 aliphatic heterocycles. The van der Waals surface area contributed by atoms with E-state index in [0.29, 0.717) is 10.5 Å². The maximum Gasteiger partial charge on any atom is 0.335 e. The molecule has 0 spiro atoms. The van der Waals surface area contributed by atoms with Crippen LogP contribution in [-0.4, -0.2) is 27.1 Å². The summed E-state index contributed by atoms with van der Waals surface area (Å²) in [6.07, 6.45) is 1.59. The molecule has 0 aromatic heterocycles. The van der Waals surface area contributed by atoms with E-state index in [1.54, 1.807) is 18.2 Å². The molecule has 0 atom stereocenters. The van der Waals surface area contributed by atoms with E-state index in [2.05, 4.69) is 15.9 Å². The molecular weight excluding hydrogens is 406 g/mol. The lowest BCUT2D eigenvalue weighted by Gasteiger charge is -2.13. The lowest BCUT2D eigenvalue weighted by atomic mass is 10.1. The van der Waals surface area contributed by atoms with Gasteiger partial charge in [0.2, 0.25) is 0 Å². The van der Waals surface area contributed by atoms with E-state index < -0.39 is 5.97 Å². The molecule has 126 valence electrons. The Balaban J connectivity index is 1.81. The summed E-state index contributed by atoms with van der Waals surface area (Å²) in [5.41, 5.74) is 1.67. The maximum atomic E-state index is 12.5. The van der Waals surface area contributed by atoms with Gasteiger partial charge in [-0.1, -0.05) is 46.3 Å². The second-order valence-corrected chi connectivity index (χ2v) is 7.13. The number of hydrogen-bond donors (Lipinski definition) is 1. The number of thioether (sulfide) groups is 1. The van der Waals surface area contributed by atoms with Crippen LogP contribution in [0.15, 0.2) is 57.9 Å². The maximum absolute atomic E-state index is 12.5. The summed E-state index contributed by atoms with van der Waals surface area (Å²) >= 11 is 4.29. The van der Waals surface area contributed by atoms with Gasteiger partial charge in [-0.15, -0.1) is 0 Å². The Kier molecular flexibility index (Phi) is 5.06. The van der Waals surface area contributed by atoms with Crippen LogP contribution < -0.4 is 0 Å². The number of nitrogens with zero attached hydrogens (tertiary/aromatic N) is 1. The molecule has 0 bridgehead atoms. The fourth-order valence-corrected chi connectivity index (χ4v) is 3.56. The monoisotopic (exact) mass is 417 g/mol. The number of hydrogen-bond acceptors (Lipinski definition) is 4. The fourth-order valence-electron chi connectivity index (χ4n) is 2.31. The summed E-state index contributed by atoms with van der Waals surface area (Å²) in [7, 11) is 0. The van der Waals surface area contributed by atoms with Crippen molar-refractivity contribution < 1.29 is 19.5 Å². The van der Waals surface area contributed by atoms with Crippen LogP contribution in [0.4, 0.5) is 4.79 Å². The third kappa shape index (κ3) is 3.83. The Bertz CT molecular complexity index is 892. The second kappa shape index (κ2) is 7.25. The molecular formula is C18H12BrNO4S. The Morgan fingerprint density at radius 2 is 1.80 bits per heavy atom. The predicted molar refractivity (Wildman–Crippen MR) is 99.1 cm³/mol. The van der Waals surface area contributed by atoms with Crippen LogP contribution in [0, 0.1) is 0 Å². The van der Waals surface area contributed by atoms with Gasteiger partial charge >= 0.3 is 5.97 Å². The highest BCUT2D eigenvalue weighted by Crippen LogP contribution is 2.34. The van der Waals surface area contributed by atoms with Gasteiger partial charge in [0.25, 0.3) is 11.1 Å². The molecule has 0 unspecified atom stereocenters. The van der Waals surface area contributed by atoms with Crippen molar-refractivity contribution in [3.05, 3.63) is 74.6 Å². The van der Waals surface area contributed by atoms with Crippen LogP contribution in [-0.2, 0) is 11.3 Å². The zero-order valence-corrected chi connectivity index (χ0v) is 15.2. The van der Waals surface area contributed by atoms with Crippen molar-refractivity contribution in [1.29, 1.82) is 0 Å². The van der Waals surface area contributed by atoms with Gasteiger partial charge in [-0.3, -0.25) is 14.5 Å². The number of carboxylic acid groups (broad SMARTS) is 1. The van der Waals surface area contributed by atoms with Crippen LogP contribution in [0.2, 0.25) is 0 Å². The topological polar surface area (TPSA) is 74.7 Å². The first-order valence-electron chi connectivity index (χ1n) is 7.28. The van der Waals surface area contributed by atoms with Gasteiger partial charge in [-0.05, 0) is 47.2 Å². The van der Waals surface area contributed by atoms with Crippen molar-refractivity contribution in [2.45, 2.75) is 6.54 Å². The molecule has 1 N–H and O–H groups in total. The van der Waals surface area contributed by atoms with E-state index in [9.17, 15) is 14.4 Å². The Morgan fingerprint density at radius 3 is 2.44 bits per heavy atom. The third-order valence-corrected chi connectivity index (χ3v) is 5.30. The summed E-state index contributed by atoms with van der Waals surface area (Å²) in [6, 6.07) is 13.5. The van der Waals surface area contributed by atoms with Gasteiger partial charge in [0.1, 0.15) is 0 Å². The zero-order valence-electron chi connectivity index (χ0n) is 12.8. The minimum atomic E-state index is -1.01. The second-order valence-electron chi connectivity index (χ2n) is 5.29. The summed E-state index contributed by atoms with van der Waals surface area (Å²) in [6.45, 7) is 0.196. The minimum absolute atomic E-state index is 0.166. The van der Waals surface area contributed by atoms with Crippen LogP contribution in [0.5, 0.6) is 0 Å². The molecule has 1 heterocycles. The van der Waals surface area contributed by atoms with E-state index in [1.165, 1.54) is 17.0 Å². The van der Waals surface area contributed by atoms with Gasteiger partial charge in [-0.2, -0.15) is 0 Å². The normalized spacial score (nSPS) is 15.9. The van der Waals surface area contributed by atoms with Crippen LogP contribution in [0.1, 0.15) is 21.5 Å². The lowest BCUT2D eigenvalue weighted by Crippen LogP contribution is -2.27. The number of halogens is 1. The van der Waals surface area contributed by atoms with Gasteiger partial charge in [0.05, 0.1) is 17.0 Å². The molecule has 1 aliphatic rings. The molecule has 1 fully saturated rings. The first kappa shape index (κ1) is 17.4. The van der Waals surface area contributed by atoms with Crippen LogP contribution in [0.3, 0.4) is 0 Å². The molecule has 25 heavy (non-hydrogen) atoms. The lowest BCUT2D eigenvalue weighted by molar-refractivity contribution is -0.123. The highest BCUT2D eigenvalue weighted by atomic mass is 79.9. The number of carbonyl (C=O) groups excluding carboxylic acids is 2. The SMILES string of the molecule is O=C(O)c1ccc(C=C2SC(=O)N(Cc3ccccc3Br)C2=O)cc1. The highest BCUT2D eigenvalue weighted by Gasteiger charge is 2.35. The van der Waals surface area contributed by atoms with Crippen molar-refractivity contribution in [1.82, 2.24) is 4.90 Å². The summed E-state index contributed by atoms with van der Waals surface area (Å²) in [5, 5.41) is 8.58. The average Bonchev–Trinajstić information content (AvgIpc) is 2.85. The average molecular weight is 418 g/mol. The number of rotatable bonds is 4. The number of aromatic carboxylic acids is 1. The molecule has 2 amide bonds. The first-order valence-corrected chi connectivity index (χ1v) is 8.89. The molecule has 0 saturated carbocycles. The predicted octanol–water partition coefficient (Wildman–Crippen LogP) is 4.38. The molecule has 2 aromatic rings. The Hall–Kier alpha value is -2.38. The Labute approximate surface area is 156 Å². The number of carbonyl (C=O) groups is 3. The fraction of sp³-hybridized carbons (Fsp3) is 0.0556.